The van der Waals surface area contributed by atoms with Crippen LogP contribution in [-0.2, 0) is 5.75 Å². The molecule has 1 N–H and O–H groups in total. The van der Waals surface area contributed by atoms with E-state index in [9.17, 15) is 4.79 Å². The number of nitrogens with one attached hydrogen (secondary N) is 1. The van der Waals surface area contributed by atoms with Gasteiger partial charge in [-0.15, -0.1) is 0 Å². The van der Waals surface area contributed by atoms with Gasteiger partial charge in [0.15, 0.2) is 5.16 Å². The average molecular weight is 287 g/mol. The Morgan fingerprint density at radius 1 is 1.35 bits per heavy atom. The van der Waals surface area contributed by atoms with Gasteiger partial charge in [-0.25, -0.2) is 4.98 Å². The zero-order valence-corrected chi connectivity index (χ0v) is 12.6. The second-order valence-corrected chi connectivity index (χ2v) is 5.47. The molecular weight excluding hydrogens is 270 g/mol. The molecule has 0 aliphatic carbocycles. The molecule has 0 amide bonds. The number of thioether (sulfide) groups is 1. The highest BCUT2D eigenvalue weighted by molar-refractivity contribution is 7.98. The molecule has 0 bridgehead atoms. The lowest BCUT2D eigenvalue weighted by Crippen LogP contribution is -2.08. The molecule has 104 valence electrons. The molecule has 0 aliphatic rings. The SMILES string of the molecule is CC=Cc1c(C)cncc1CSc1nc(C)cc(=O)[nH]1. The maximum absolute atomic E-state index is 11.4. The van der Waals surface area contributed by atoms with Gasteiger partial charge >= 0.3 is 0 Å². The van der Waals surface area contributed by atoms with Crippen LogP contribution in [0.1, 0.15) is 29.3 Å². The minimum absolute atomic E-state index is 0.115. The van der Waals surface area contributed by atoms with Crippen LogP contribution in [0.5, 0.6) is 0 Å². The number of hydrogen-bond donors (Lipinski definition) is 1. The summed E-state index contributed by atoms with van der Waals surface area (Å²) in [6.07, 6.45) is 7.82. The Morgan fingerprint density at radius 3 is 2.85 bits per heavy atom. The second kappa shape index (κ2) is 6.52. The summed E-state index contributed by atoms with van der Waals surface area (Å²) in [5.41, 5.74) is 4.08. The third-order valence-electron chi connectivity index (χ3n) is 2.82. The molecule has 0 aromatic carbocycles. The quantitative estimate of drug-likeness (QED) is 0.693. The summed E-state index contributed by atoms with van der Waals surface area (Å²) in [7, 11) is 0. The smallest absolute Gasteiger partial charge is 0.251 e. The van der Waals surface area contributed by atoms with Crippen LogP contribution >= 0.6 is 11.8 Å². The number of H-pyrrole nitrogens is 1. The van der Waals surface area contributed by atoms with Gasteiger partial charge in [0.05, 0.1) is 0 Å². The predicted molar refractivity (Wildman–Crippen MR) is 82.8 cm³/mol. The largest absolute Gasteiger partial charge is 0.301 e. The molecule has 5 heteroatoms. The number of rotatable bonds is 4. The van der Waals surface area contributed by atoms with E-state index in [1.54, 1.807) is 0 Å². The van der Waals surface area contributed by atoms with Gasteiger partial charge in [-0.3, -0.25) is 9.78 Å². The van der Waals surface area contributed by atoms with E-state index >= 15 is 0 Å². The topological polar surface area (TPSA) is 58.6 Å². The fourth-order valence-corrected chi connectivity index (χ4v) is 2.82. The van der Waals surface area contributed by atoms with Crippen molar-refractivity contribution >= 4 is 17.8 Å². The fraction of sp³-hybridized carbons (Fsp3) is 0.267. The van der Waals surface area contributed by atoms with Gasteiger partial charge in [-0.2, -0.15) is 0 Å². The minimum Gasteiger partial charge on any atom is -0.301 e. The lowest BCUT2D eigenvalue weighted by atomic mass is 10.1. The van der Waals surface area contributed by atoms with Crippen molar-refractivity contribution in [2.75, 3.05) is 0 Å². The van der Waals surface area contributed by atoms with Crippen LogP contribution in [0.25, 0.3) is 6.08 Å². The molecule has 0 atom stereocenters. The molecule has 20 heavy (non-hydrogen) atoms. The Balaban J connectivity index is 2.23. The number of nitrogens with zero attached hydrogens (tertiary/aromatic N) is 2. The maximum atomic E-state index is 11.4. The van der Waals surface area contributed by atoms with Crippen LogP contribution in [0.4, 0.5) is 0 Å². The molecule has 0 fully saturated rings. The van der Waals surface area contributed by atoms with Crippen molar-refractivity contribution in [3.05, 3.63) is 57.3 Å². The van der Waals surface area contributed by atoms with Gasteiger partial charge in [0.2, 0.25) is 0 Å². The molecule has 0 unspecified atom stereocenters. The van der Waals surface area contributed by atoms with Gasteiger partial charge in [-0.05, 0) is 37.5 Å². The van der Waals surface area contributed by atoms with E-state index in [2.05, 4.69) is 21.0 Å². The first kappa shape index (κ1) is 14.5. The van der Waals surface area contributed by atoms with Crippen LogP contribution in [0, 0.1) is 13.8 Å². The van der Waals surface area contributed by atoms with Crippen molar-refractivity contribution in [2.24, 2.45) is 0 Å². The molecule has 0 saturated carbocycles. The minimum atomic E-state index is -0.115. The highest BCUT2D eigenvalue weighted by atomic mass is 32.2. The third kappa shape index (κ3) is 3.57. The summed E-state index contributed by atoms with van der Waals surface area (Å²) in [6.45, 7) is 5.86. The van der Waals surface area contributed by atoms with Crippen LogP contribution < -0.4 is 5.56 Å². The van der Waals surface area contributed by atoms with Crippen molar-refractivity contribution in [1.29, 1.82) is 0 Å². The molecule has 4 nitrogen and oxygen atoms in total. The third-order valence-corrected chi connectivity index (χ3v) is 3.74. The number of allylic oxidation sites excluding steroid dienone is 1. The van der Waals surface area contributed by atoms with E-state index in [-0.39, 0.29) is 5.56 Å². The van der Waals surface area contributed by atoms with E-state index in [4.69, 9.17) is 0 Å². The van der Waals surface area contributed by atoms with E-state index in [1.807, 2.05) is 39.2 Å². The molecule has 2 rings (SSSR count). The summed E-state index contributed by atoms with van der Waals surface area (Å²) >= 11 is 1.51. The van der Waals surface area contributed by atoms with Gasteiger partial charge in [0.1, 0.15) is 0 Å². The van der Waals surface area contributed by atoms with Gasteiger partial charge in [0, 0.05) is 29.9 Å². The maximum Gasteiger partial charge on any atom is 0.251 e. The van der Waals surface area contributed by atoms with Crippen molar-refractivity contribution in [2.45, 2.75) is 31.7 Å². The average Bonchev–Trinajstić information content (AvgIpc) is 2.38. The van der Waals surface area contributed by atoms with Crippen molar-refractivity contribution in [1.82, 2.24) is 15.0 Å². The van der Waals surface area contributed by atoms with Crippen LogP contribution in [0.2, 0.25) is 0 Å². The summed E-state index contributed by atoms with van der Waals surface area (Å²) in [5, 5.41) is 0.642. The Morgan fingerprint density at radius 2 is 2.15 bits per heavy atom. The Kier molecular flexibility index (Phi) is 4.74. The van der Waals surface area contributed by atoms with Gasteiger partial charge in [0.25, 0.3) is 5.56 Å². The fourth-order valence-electron chi connectivity index (χ4n) is 1.92. The second-order valence-electron chi connectivity index (χ2n) is 4.51. The number of aromatic nitrogens is 3. The normalized spacial score (nSPS) is 11.2. The lowest BCUT2D eigenvalue weighted by Gasteiger charge is -2.08. The molecule has 0 spiro atoms. The monoisotopic (exact) mass is 287 g/mol. The first-order chi connectivity index (χ1) is 9.60. The van der Waals surface area contributed by atoms with E-state index in [0.29, 0.717) is 5.16 Å². The Labute approximate surface area is 122 Å². The highest BCUT2D eigenvalue weighted by Crippen LogP contribution is 2.23. The molecule has 0 saturated heterocycles. The molecule has 2 heterocycles. The summed E-state index contributed by atoms with van der Waals surface area (Å²) in [5.74, 6) is 0.723. The van der Waals surface area contributed by atoms with Gasteiger partial charge in [-0.1, -0.05) is 23.9 Å². The first-order valence-electron chi connectivity index (χ1n) is 6.37. The number of pyridine rings is 1. The van der Waals surface area contributed by atoms with E-state index in [1.165, 1.54) is 23.4 Å². The van der Waals surface area contributed by atoms with Crippen molar-refractivity contribution in [3.63, 3.8) is 0 Å². The Hall–Kier alpha value is -1.88. The number of aromatic amines is 1. The summed E-state index contributed by atoms with van der Waals surface area (Å²) < 4.78 is 0. The first-order valence-corrected chi connectivity index (χ1v) is 7.35. The number of aryl methyl sites for hydroxylation is 2. The molecule has 2 aromatic rings. The van der Waals surface area contributed by atoms with Gasteiger partial charge < -0.3 is 4.98 Å². The standard InChI is InChI=1S/C15H17N3OS/c1-4-5-13-10(2)7-16-8-12(13)9-20-15-17-11(3)6-14(19)18-15/h4-8H,9H2,1-3H3,(H,17,18,19). The van der Waals surface area contributed by atoms with Crippen LogP contribution in [-0.4, -0.2) is 15.0 Å². The highest BCUT2D eigenvalue weighted by Gasteiger charge is 2.06. The molecule has 2 aromatic heterocycles. The number of hydrogen-bond acceptors (Lipinski definition) is 4. The van der Waals surface area contributed by atoms with E-state index in [0.717, 1.165) is 22.6 Å². The zero-order chi connectivity index (χ0) is 14.5. The molecular formula is C15H17N3OS. The molecule has 0 aliphatic heterocycles. The zero-order valence-electron chi connectivity index (χ0n) is 11.8. The predicted octanol–water partition coefficient (Wildman–Crippen LogP) is 3.11. The summed E-state index contributed by atoms with van der Waals surface area (Å²) in [6, 6.07) is 1.49. The van der Waals surface area contributed by atoms with Crippen LogP contribution in [0.3, 0.4) is 0 Å². The Bertz CT molecular complexity index is 692. The van der Waals surface area contributed by atoms with Crippen molar-refractivity contribution < 1.29 is 0 Å². The van der Waals surface area contributed by atoms with Crippen molar-refractivity contribution in [3.8, 4) is 0 Å². The lowest BCUT2D eigenvalue weighted by molar-refractivity contribution is 0.905. The summed E-state index contributed by atoms with van der Waals surface area (Å²) in [4.78, 5) is 22.7. The van der Waals surface area contributed by atoms with E-state index < -0.39 is 0 Å². The van der Waals surface area contributed by atoms with Crippen LogP contribution in [0.15, 0.2) is 34.5 Å². The molecule has 0 radical (unpaired) electrons.